The van der Waals surface area contributed by atoms with Crippen LogP contribution in [0.4, 0.5) is 5.69 Å². The molecule has 0 bridgehead atoms. The highest BCUT2D eigenvalue weighted by Crippen LogP contribution is 2.19. The van der Waals surface area contributed by atoms with Crippen LogP contribution in [-0.2, 0) is 9.53 Å². The van der Waals surface area contributed by atoms with Gasteiger partial charge in [-0.2, -0.15) is 0 Å². The molecule has 0 aliphatic rings. The van der Waals surface area contributed by atoms with Gasteiger partial charge in [0.15, 0.2) is 0 Å². The summed E-state index contributed by atoms with van der Waals surface area (Å²) in [4.78, 5) is 17.7. The quantitative estimate of drug-likeness (QED) is 0.469. The van der Waals surface area contributed by atoms with Crippen molar-refractivity contribution in [3.05, 3.63) is 42.1 Å². The van der Waals surface area contributed by atoms with E-state index in [0.717, 1.165) is 17.2 Å². The van der Waals surface area contributed by atoms with Crippen molar-refractivity contribution in [2.45, 2.75) is 27.2 Å². The van der Waals surface area contributed by atoms with Crippen LogP contribution in [0.25, 0.3) is 0 Å². The summed E-state index contributed by atoms with van der Waals surface area (Å²) in [6, 6.07) is 9.94. The molecule has 0 amide bonds. The number of hydrogen-bond donors (Lipinski definition) is 0. The highest BCUT2D eigenvalue weighted by molar-refractivity contribution is 5.98. The second-order valence-corrected chi connectivity index (χ2v) is 4.30. The molecular weight excluding hydrogens is 252 g/mol. The van der Waals surface area contributed by atoms with E-state index < -0.39 is 0 Å². The molecule has 4 nitrogen and oxygen atoms in total. The molecule has 0 fully saturated rings. The number of allylic oxidation sites excluding steroid dienone is 1. The Morgan fingerprint density at radius 2 is 1.95 bits per heavy atom. The predicted molar refractivity (Wildman–Crippen MR) is 83.0 cm³/mol. The van der Waals surface area contributed by atoms with Crippen molar-refractivity contribution in [2.75, 3.05) is 18.6 Å². The summed E-state index contributed by atoms with van der Waals surface area (Å²) in [5, 5.41) is 0. The molecule has 4 heteroatoms. The first kappa shape index (κ1) is 16.0. The Bertz CT molecular complexity index is 492. The minimum absolute atomic E-state index is 0.217. The number of aliphatic imine (C=N–C) groups is 1. The van der Waals surface area contributed by atoms with E-state index in [1.165, 1.54) is 0 Å². The van der Waals surface area contributed by atoms with Crippen LogP contribution in [-0.4, -0.2) is 25.5 Å². The Balaban J connectivity index is 2.95. The smallest absolute Gasteiger partial charge is 0.309 e. The van der Waals surface area contributed by atoms with Crippen molar-refractivity contribution in [1.29, 1.82) is 0 Å². The lowest BCUT2D eigenvalue weighted by Crippen LogP contribution is -2.26. The molecule has 108 valence electrons. The van der Waals surface area contributed by atoms with Gasteiger partial charge in [0, 0.05) is 18.4 Å². The fraction of sp³-hybridized carbons (Fsp3) is 0.375. The fourth-order valence-corrected chi connectivity index (χ4v) is 1.86. The van der Waals surface area contributed by atoms with Crippen molar-refractivity contribution in [1.82, 2.24) is 0 Å². The first-order chi connectivity index (χ1) is 9.60. The standard InChI is InChI=1S/C16H22N2O2/c1-5-20-16(19)12-11-13(2)18(14(3)17-4)15-9-7-6-8-10-15/h6-11H,5,12H2,1-4H3/b13-11+,17-14?. The van der Waals surface area contributed by atoms with Gasteiger partial charge in [0.2, 0.25) is 0 Å². The van der Waals surface area contributed by atoms with Gasteiger partial charge in [0.1, 0.15) is 5.84 Å². The van der Waals surface area contributed by atoms with Gasteiger partial charge in [-0.05, 0) is 32.9 Å². The topological polar surface area (TPSA) is 41.9 Å². The lowest BCUT2D eigenvalue weighted by molar-refractivity contribution is -0.142. The summed E-state index contributed by atoms with van der Waals surface area (Å²) < 4.78 is 4.93. The molecule has 0 heterocycles. The number of benzene rings is 1. The van der Waals surface area contributed by atoms with E-state index in [2.05, 4.69) is 4.99 Å². The van der Waals surface area contributed by atoms with E-state index in [4.69, 9.17) is 4.74 Å². The van der Waals surface area contributed by atoms with E-state index in [9.17, 15) is 4.79 Å². The zero-order valence-electron chi connectivity index (χ0n) is 12.6. The van der Waals surface area contributed by atoms with Crippen molar-refractivity contribution < 1.29 is 9.53 Å². The molecule has 0 unspecified atom stereocenters. The Morgan fingerprint density at radius 3 is 2.50 bits per heavy atom. The Kier molecular flexibility index (Phi) is 6.50. The summed E-state index contributed by atoms with van der Waals surface area (Å²) in [7, 11) is 1.75. The number of ether oxygens (including phenoxy) is 1. The van der Waals surface area contributed by atoms with Crippen molar-refractivity contribution >= 4 is 17.5 Å². The third-order valence-electron chi connectivity index (χ3n) is 2.88. The fourth-order valence-electron chi connectivity index (χ4n) is 1.86. The molecule has 0 radical (unpaired) electrons. The monoisotopic (exact) mass is 274 g/mol. The van der Waals surface area contributed by atoms with Gasteiger partial charge in [-0.3, -0.25) is 9.79 Å². The third kappa shape index (κ3) is 4.53. The largest absolute Gasteiger partial charge is 0.466 e. The molecule has 0 N–H and O–H groups in total. The molecule has 20 heavy (non-hydrogen) atoms. The lowest BCUT2D eigenvalue weighted by Gasteiger charge is -2.25. The first-order valence-electron chi connectivity index (χ1n) is 6.71. The summed E-state index contributed by atoms with van der Waals surface area (Å²) in [5.74, 6) is 0.653. The number of rotatable bonds is 5. The second kappa shape index (κ2) is 8.15. The molecule has 0 aliphatic heterocycles. The Hall–Kier alpha value is -2.10. The molecule has 1 rings (SSSR count). The number of esters is 1. The van der Waals surface area contributed by atoms with Crippen LogP contribution >= 0.6 is 0 Å². The third-order valence-corrected chi connectivity index (χ3v) is 2.88. The number of hydrogen-bond acceptors (Lipinski definition) is 3. The van der Waals surface area contributed by atoms with Crippen LogP contribution in [0.5, 0.6) is 0 Å². The molecule has 0 saturated heterocycles. The van der Waals surface area contributed by atoms with Crippen molar-refractivity contribution in [2.24, 2.45) is 4.99 Å². The average molecular weight is 274 g/mol. The highest BCUT2D eigenvalue weighted by Gasteiger charge is 2.11. The number of carbonyl (C=O) groups excluding carboxylic acids is 1. The molecule has 0 spiro atoms. The highest BCUT2D eigenvalue weighted by atomic mass is 16.5. The maximum atomic E-state index is 11.4. The van der Waals surface area contributed by atoms with Gasteiger partial charge in [0.25, 0.3) is 0 Å². The van der Waals surface area contributed by atoms with Gasteiger partial charge in [0.05, 0.1) is 13.0 Å². The van der Waals surface area contributed by atoms with Gasteiger partial charge in [-0.25, -0.2) is 0 Å². The SMILES string of the molecule is CCOC(=O)C/C=C(\C)N(C(C)=NC)c1ccccc1. The summed E-state index contributed by atoms with van der Waals surface area (Å²) in [6.45, 7) is 6.11. The van der Waals surface area contributed by atoms with Crippen LogP contribution in [0.2, 0.25) is 0 Å². The van der Waals surface area contributed by atoms with E-state index in [1.54, 1.807) is 14.0 Å². The lowest BCUT2D eigenvalue weighted by atomic mass is 10.2. The van der Waals surface area contributed by atoms with E-state index >= 15 is 0 Å². The van der Waals surface area contributed by atoms with Gasteiger partial charge in [-0.1, -0.05) is 24.3 Å². The molecular formula is C16H22N2O2. The predicted octanol–water partition coefficient (Wildman–Crippen LogP) is 3.40. The molecule has 1 aromatic rings. The van der Waals surface area contributed by atoms with Crippen LogP contribution < -0.4 is 4.90 Å². The van der Waals surface area contributed by atoms with E-state index in [-0.39, 0.29) is 12.4 Å². The van der Waals surface area contributed by atoms with Crippen molar-refractivity contribution in [3.8, 4) is 0 Å². The minimum Gasteiger partial charge on any atom is -0.466 e. The zero-order chi connectivity index (χ0) is 15.0. The average Bonchev–Trinajstić information content (AvgIpc) is 2.46. The Morgan fingerprint density at radius 1 is 1.30 bits per heavy atom. The summed E-state index contributed by atoms with van der Waals surface area (Å²) >= 11 is 0. The number of nitrogens with zero attached hydrogens (tertiary/aromatic N) is 2. The van der Waals surface area contributed by atoms with Crippen LogP contribution in [0.15, 0.2) is 47.1 Å². The molecule has 0 aliphatic carbocycles. The molecule has 1 aromatic carbocycles. The second-order valence-electron chi connectivity index (χ2n) is 4.30. The van der Waals surface area contributed by atoms with E-state index in [0.29, 0.717) is 6.61 Å². The number of anilines is 1. The summed E-state index contributed by atoms with van der Waals surface area (Å²) in [5.41, 5.74) is 1.97. The minimum atomic E-state index is -0.217. The van der Waals surface area contributed by atoms with Crippen LogP contribution in [0.3, 0.4) is 0 Å². The zero-order valence-corrected chi connectivity index (χ0v) is 12.6. The Labute approximate surface area is 120 Å². The number of para-hydroxylation sites is 1. The van der Waals surface area contributed by atoms with Gasteiger partial charge in [-0.15, -0.1) is 0 Å². The maximum Gasteiger partial charge on any atom is 0.309 e. The molecule has 0 aromatic heterocycles. The summed E-state index contributed by atoms with van der Waals surface area (Å²) in [6.07, 6.45) is 2.12. The van der Waals surface area contributed by atoms with Crippen LogP contribution in [0, 0.1) is 0 Å². The number of carbonyl (C=O) groups is 1. The molecule has 0 saturated carbocycles. The van der Waals surface area contributed by atoms with Gasteiger partial charge >= 0.3 is 5.97 Å². The van der Waals surface area contributed by atoms with Gasteiger partial charge < -0.3 is 9.64 Å². The first-order valence-corrected chi connectivity index (χ1v) is 6.71. The maximum absolute atomic E-state index is 11.4. The normalized spacial score (nSPS) is 12.2. The number of amidine groups is 1. The van der Waals surface area contributed by atoms with Crippen LogP contribution in [0.1, 0.15) is 27.2 Å². The van der Waals surface area contributed by atoms with Crippen molar-refractivity contribution in [3.63, 3.8) is 0 Å². The van der Waals surface area contributed by atoms with E-state index in [1.807, 2.05) is 55.2 Å². The molecule has 0 atom stereocenters.